The van der Waals surface area contributed by atoms with Gasteiger partial charge >= 0.3 is 7.60 Å². The maximum Gasteiger partial charge on any atom is 0.355 e. The van der Waals surface area contributed by atoms with Gasteiger partial charge in [0.1, 0.15) is 11.0 Å². The Hall–Kier alpha value is -0.520. The van der Waals surface area contributed by atoms with Gasteiger partial charge in [0.2, 0.25) is 0 Å². The van der Waals surface area contributed by atoms with Crippen LogP contribution in [0.4, 0.5) is 0 Å². The Balaban J connectivity index is 2.68. The first kappa shape index (κ1) is 18.8. The maximum absolute atomic E-state index is 13.5. The lowest BCUT2D eigenvalue weighted by Crippen LogP contribution is -2.47. The summed E-state index contributed by atoms with van der Waals surface area (Å²) >= 11 is 0. The van der Waals surface area contributed by atoms with E-state index in [-0.39, 0.29) is 0 Å². The quantitative estimate of drug-likeness (QED) is 0.749. The summed E-state index contributed by atoms with van der Waals surface area (Å²) in [5.41, 5.74) is 0.821. The molecule has 1 aliphatic heterocycles. The molecule has 23 heavy (non-hydrogen) atoms. The first-order valence-corrected chi connectivity index (χ1v) is 10.3. The third kappa shape index (κ3) is 3.08. The molecule has 0 saturated carbocycles. The van der Waals surface area contributed by atoms with Gasteiger partial charge in [-0.2, -0.15) is 0 Å². The molecule has 0 N–H and O–H groups in total. The predicted molar refractivity (Wildman–Crippen MR) is 93.6 cm³/mol. The summed E-state index contributed by atoms with van der Waals surface area (Å²) in [6, 6.07) is 9.50. The Morgan fingerprint density at radius 3 is 2.22 bits per heavy atom. The molecule has 2 rings (SSSR count). The van der Waals surface area contributed by atoms with Crippen LogP contribution in [-0.2, 0) is 29.9 Å². The van der Waals surface area contributed by atoms with Crippen LogP contribution in [0.2, 0.25) is 0 Å². The van der Waals surface area contributed by atoms with Gasteiger partial charge in [0.05, 0.1) is 4.75 Å². The highest BCUT2D eigenvalue weighted by Crippen LogP contribution is 2.69. The van der Waals surface area contributed by atoms with Crippen LogP contribution < -0.4 is 0 Å². The topological polar surface area (TPSA) is 55.8 Å². The van der Waals surface area contributed by atoms with Crippen molar-refractivity contribution in [3.05, 3.63) is 35.9 Å². The molecule has 1 aromatic carbocycles. The van der Waals surface area contributed by atoms with Crippen molar-refractivity contribution in [3.63, 3.8) is 0 Å². The van der Waals surface area contributed by atoms with Gasteiger partial charge in [-0.15, -0.1) is 0 Å². The van der Waals surface area contributed by atoms with Crippen LogP contribution in [-0.4, -0.2) is 34.0 Å². The van der Waals surface area contributed by atoms with Gasteiger partial charge in [0, 0.05) is 20.8 Å². The van der Waals surface area contributed by atoms with E-state index >= 15 is 0 Å². The molecule has 130 valence electrons. The number of hydrogen-bond donors (Lipinski definition) is 0. The normalized spacial score (nSPS) is 24.7. The lowest BCUT2D eigenvalue weighted by molar-refractivity contribution is 0.206. The third-order valence-electron chi connectivity index (χ3n) is 4.19. The second-order valence-electron chi connectivity index (χ2n) is 6.61. The van der Waals surface area contributed by atoms with Crippen LogP contribution in [0.1, 0.15) is 39.2 Å². The highest BCUT2D eigenvalue weighted by Gasteiger charge is 2.60. The Bertz CT molecular complexity index is 608. The van der Waals surface area contributed by atoms with Crippen molar-refractivity contribution < 1.29 is 17.8 Å². The molecule has 5 nitrogen and oxygen atoms in total. The second-order valence-corrected chi connectivity index (χ2v) is 11.2. The fraction of sp³-hybridized carbons (Fsp3) is 0.625. The summed E-state index contributed by atoms with van der Waals surface area (Å²) in [7, 11) is -2.07. The van der Waals surface area contributed by atoms with Gasteiger partial charge in [-0.25, -0.2) is 8.51 Å². The van der Waals surface area contributed by atoms with Crippen LogP contribution >= 0.6 is 7.60 Å². The molecule has 1 aliphatic rings. The number of hydrogen-bond acceptors (Lipinski definition) is 4. The van der Waals surface area contributed by atoms with Crippen LogP contribution in [0.15, 0.2) is 30.3 Å². The summed E-state index contributed by atoms with van der Waals surface area (Å²) in [4.78, 5) is 0. The fourth-order valence-electron chi connectivity index (χ4n) is 3.13. The second kappa shape index (κ2) is 6.77. The summed E-state index contributed by atoms with van der Waals surface area (Å²) < 4.78 is 38.7. The van der Waals surface area contributed by atoms with Crippen LogP contribution in [0.5, 0.6) is 0 Å². The molecule has 0 aliphatic carbocycles. The lowest BCUT2D eigenvalue weighted by Gasteiger charge is -2.43. The van der Waals surface area contributed by atoms with E-state index in [0.717, 1.165) is 12.0 Å². The van der Waals surface area contributed by atoms with E-state index in [1.165, 1.54) is 14.2 Å². The number of nitrogens with zero attached hydrogens (tertiary/aromatic N) is 1. The molecule has 0 spiro atoms. The van der Waals surface area contributed by atoms with Crippen LogP contribution in [0.3, 0.4) is 0 Å². The molecule has 0 aromatic heterocycles. The largest absolute Gasteiger partial charge is 0.355 e. The summed E-state index contributed by atoms with van der Waals surface area (Å²) in [6.45, 7) is 6.35. The Kier molecular flexibility index (Phi) is 5.54. The minimum Gasteiger partial charge on any atom is -0.310 e. The Labute approximate surface area is 141 Å². The molecule has 0 amide bonds. The standard InChI is InChI=1S/C16H26NO4PS/c1-15(2,3)23(19)17-13-9-12-16(17,22(18,20-4)21-5)14-10-7-6-8-11-14/h6-8,10-11H,9,12-13H2,1-5H3/t16-,23?/m1/s1. The first-order valence-electron chi connectivity index (χ1n) is 7.70. The Morgan fingerprint density at radius 1 is 1.17 bits per heavy atom. The molecule has 1 saturated heterocycles. The van der Waals surface area contributed by atoms with Gasteiger partial charge < -0.3 is 9.05 Å². The van der Waals surface area contributed by atoms with E-state index in [9.17, 15) is 8.77 Å². The zero-order valence-corrected chi connectivity index (χ0v) is 16.2. The SMILES string of the molecule is COP(=O)(OC)[C@@]1(c2ccccc2)CCCN1S(=O)C(C)(C)C. The molecular formula is C16H26NO4PS. The number of benzene rings is 1. The zero-order valence-electron chi connectivity index (χ0n) is 14.4. The van der Waals surface area contributed by atoms with Crippen molar-refractivity contribution in [1.82, 2.24) is 4.31 Å². The first-order chi connectivity index (χ1) is 10.7. The predicted octanol–water partition coefficient (Wildman–Crippen LogP) is 3.88. The minimum atomic E-state index is -3.53. The average molecular weight is 359 g/mol. The molecule has 1 fully saturated rings. The van der Waals surface area contributed by atoms with E-state index < -0.39 is 28.6 Å². The lowest BCUT2D eigenvalue weighted by atomic mass is 10.0. The molecule has 0 radical (unpaired) electrons. The van der Waals surface area contributed by atoms with Crippen molar-refractivity contribution in [3.8, 4) is 0 Å². The van der Waals surface area contributed by atoms with Crippen LogP contribution in [0, 0.1) is 0 Å². The van der Waals surface area contributed by atoms with Crippen molar-refractivity contribution in [2.24, 2.45) is 0 Å². The van der Waals surface area contributed by atoms with Gasteiger partial charge in [0.15, 0.2) is 5.28 Å². The number of rotatable bonds is 5. The van der Waals surface area contributed by atoms with Gasteiger partial charge in [-0.1, -0.05) is 30.3 Å². The highest BCUT2D eigenvalue weighted by molar-refractivity contribution is 7.84. The third-order valence-corrected chi connectivity index (χ3v) is 8.86. The Morgan fingerprint density at radius 2 is 1.74 bits per heavy atom. The van der Waals surface area contributed by atoms with Crippen molar-refractivity contribution in [2.45, 2.75) is 43.6 Å². The smallest absolute Gasteiger partial charge is 0.310 e. The van der Waals surface area contributed by atoms with E-state index in [1.54, 1.807) is 0 Å². The molecule has 2 atom stereocenters. The molecule has 0 bridgehead atoms. The van der Waals surface area contributed by atoms with Crippen molar-refractivity contribution >= 4 is 18.6 Å². The molecular weight excluding hydrogens is 333 g/mol. The van der Waals surface area contributed by atoms with Crippen LogP contribution in [0.25, 0.3) is 0 Å². The summed E-state index contributed by atoms with van der Waals surface area (Å²) in [5, 5.41) is -1.02. The van der Waals surface area contributed by atoms with E-state index in [2.05, 4.69) is 0 Å². The highest BCUT2D eigenvalue weighted by atomic mass is 32.2. The maximum atomic E-state index is 13.5. The van der Waals surface area contributed by atoms with Gasteiger partial charge in [-0.3, -0.25) is 4.57 Å². The molecule has 1 heterocycles. The average Bonchev–Trinajstić information content (AvgIpc) is 2.99. The van der Waals surface area contributed by atoms with Gasteiger partial charge in [-0.05, 0) is 39.2 Å². The zero-order chi connectivity index (χ0) is 17.3. The van der Waals surface area contributed by atoms with Crippen molar-refractivity contribution in [1.29, 1.82) is 0 Å². The van der Waals surface area contributed by atoms with Gasteiger partial charge in [0.25, 0.3) is 0 Å². The van der Waals surface area contributed by atoms with Crippen molar-refractivity contribution in [2.75, 3.05) is 20.8 Å². The summed E-state index contributed by atoms with van der Waals surface area (Å²) in [6.07, 6.45) is 1.37. The molecule has 1 aromatic rings. The van der Waals surface area contributed by atoms with E-state index in [1.807, 2.05) is 55.4 Å². The summed E-state index contributed by atoms with van der Waals surface area (Å²) in [5.74, 6) is 0. The molecule has 7 heteroatoms. The minimum absolute atomic E-state index is 0.462. The fourth-order valence-corrected chi connectivity index (χ4v) is 7.10. The van der Waals surface area contributed by atoms with E-state index in [4.69, 9.17) is 9.05 Å². The monoisotopic (exact) mass is 359 g/mol. The van der Waals surface area contributed by atoms with E-state index in [0.29, 0.717) is 13.0 Å². The molecule has 1 unspecified atom stereocenters.